The zero-order valence-electron chi connectivity index (χ0n) is 10.6. The van der Waals surface area contributed by atoms with Crippen molar-refractivity contribution < 1.29 is 4.79 Å². The Labute approximate surface area is 116 Å². The maximum absolute atomic E-state index is 12.2. The number of hydrogen-bond acceptors (Lipinski definition) is 3. The lowest BCUT2D eigenvalue weighted by atomic mass is 10.3. The number of carbonyl (C=O) groups is 1. The van der Waals surface area contributed by atoms with Crippen molar-refractivity contribution in [3.05, 3.63) is 41.3 Å². The van der Waals surface area contributed by atoms with E-state index in [-0.39, 0.29) is 5.91 Å². The van der Waals surface area contributed by atoms with Gasteiger partial charge in [-0.05, 0) is 24.6 Å². The molecular formula is C13H15ClN4O. The first-order valence-corrected chi connectivity index (χ1v) is 6.36. The first kappa shape index (κ1) is 13.4. The number of nitrogens with zero attached hydrogens (tertiary/aromatic N) is 2. The van der Waals surface area contributed by atoms with Gasteiger partial charge in [0, 0.05) is 12.7 Å². The van der Waals surface area contributed by atoms with Gasteiger partial charge in [-0.1, -0.05) is 18.5 Å². The van der Waals surface area contributed by atoms with E-state index in [1.807, 2.05) is 11.5 Å². The van der Waals surface area contributed by atoms with E-state index in [1.54, 1.807) is 24.4 Å². The molecule has 6 heteroatoms. The Hall–Kier alpha value is -2.01. The fourth-order valence-electron chi connectivity index (χ4n) is 1.77. The largest absolute Gasteiger partial charge is 0.384 e. The quantitative estimate of drug-likeness (QED) is 0.903. The Kier molecular flexibility index (Phi) is 4.06. The highest BCUT2D eigenvalue weighted by molar-refractivity contribution is 6.31. The van der Waals surface area contributed by atoms with Crippen molar-refractivity contribution in [2.75, 3.05) is 11.1 Å². The molecule has 1 amide bonds. The maximum Gasteiger partial charge on any atom is 0.272 e. The van der Waals surface area contributed by atoms with Gasteiger partial charge in [0.05, 0.1) is 16.9 Å². The van der Waals surface area contributed by atoms with Gasteiger partial charge in [-0.25, -0.2) is 4.98 Å². The van der Waals surface area contributed by atoms with Gasteiger partial charge in [-0.3, -0.25) is 4.79 Å². The number of carbonyl (C=O) groups excluding carboxylic acids is 1. The van der Waals surface area contributed by atoms with E-state index < -0.39 is 0 Å². The number of rotatable bonds is 4. The van der Waals surface area contributed by atoms with Gasteiger partial charge in [0.15, 0.2) is 0 Å². The van der Waals surface area contributed by atoms with Gasteiger partial charge >= 0.3 is 0 Å². The molecule has 3 N–H and O–H groups in total. The smallest absolute Gasteiger partial charge is 0.272 e. The molecule has 0 aliphatic carbocycles. The normalized spacial score (nSPS) is 10.4. The second-order valence-electron chi connectivity index (χ2n) is 4.16. The third-order valence-corrected chi connectivity index (χ3v) is 2.81. The number of amides is 1. The Morgan fingerprint density at radius 3 is 2.95 bits per heavy atom. The third kappa shape index (κ3) is 3.26. The number of hydrogen-bond donors (Lipinski definition) is 2. The van der Waals surface area contributed by atoms with Crippen LogP contribution in [0.4, 0.5) is 11.5 Å². The highest BCUT2D eigenvalue weighted by atomic mass is 35.5. The molecular weight excluding hydrogens is 264 g/mol. The predicted octanol–water partition coefficient (Wildman–Crippen LogP) is 2.78. The molecule has 0 unspecified atom stereocenters. The summed E-state index contributed by atoms with van der Waals surface area (Å²) in [6, 6.07) is 4.99. The summed E-state index contributed by atoms with van der Waals surface area (Å²) in [6.07, 6.45) is 4.19. The number of aryl methyl sites for hydroxylation is 1. The fraction of sp³-hybridized carbons (Fsp3) is 0.231. The molecule has 0 radical (unpaired) electrons. The number of pyridine rings is 1. The van der Waals surface area contributed by atoms with Crippen LogP contribution in [0, 0.1) is 0 Å². The van der Waals surface area contributed by atoms with Gasteiger partial charge in [-0.2, -0.15) is 0 Å². The summed E-state index contributed by atoms with van der Waals surface area (Å²) in [5.74, 6) is 0.197. The van der Waals surface area contributed by atoms with Gasteiger partial charge < -0.3 is 15.6 Å². The molecule has 0 saturated carbocycles. The van der Waals surface area contributed by atoms with Crippen LogP contribution >= 0.6 is 11.6 Å². The molecule has 0 fully saturated rings. The summed E-state index contributed by atoms with van der Waals surface area (Å²) in [5, 5.41) is 3.31. The van der Waals surface area contributed by atoms with E-state index in [0.29, 0.717) is 22.2 Å². The average Bonchev–Trinajstić information content (AvgIpc) is 2.74. The maximum atomic E-state index is 12.2. The van der Waals surface area contributed by atoms with Gasteiger partial charge in [0.25, 0.3) is 5.91 Å². The number of aromatic nitrogens is 2. The Morgan fingerprint density at radius 2 is 2.32 bits per heavy atom. The van der Waals surface area contributed by atoms with E-state index >= 15 is 0 Å². The summed E-state index contributed by atoms with van der Waals surface area (Å²) >= 11 is 5.94. The first-order valence-electron chi connectivity index (χ1n) is 5.98. The minimum Gasteiger partial charge on any atom is -0.384 e. The molecule has 5 nitrogen and oxygen atoms in total. The van der Waals surface area contributed by atoms with Crippen LogP contribution in [-0.4, -0.2) is 15.5 Å². The summed E-state index contributed by atoms with van der Waals surface area (Å²) < 4.78 is 1.84. The third-order valence-electron chi connectivity index (χ3n) is 2.60. The Balaban J connectivity index is 2.17. The molecule has 100 valence electrons. The van der Waals surface area contributed by atoms with E-state index in [0.717, 1.165) is 13.0 Å². The van der Waals surface area contributed by atoms with Crippen molar-refractivity contribution in [1.82, 2.24) is 9.55 Å². The van der Waals surface area contributed by atoms with E-state index in [2.05, 4.69) is 10.3 Å². The molecule has 0 atom stereocenters. The number of nitrogen functional groups attached to an aromatic ring is 1. The predicted molar refractivity (Wildman–Crippen MR) is 76.3 cm³/mol. The van der Waals surface area contributed by atoms with Crippen molar-refractivity contribution in [2.45, 2.75) is 19.9 Å². The highest BCUT2D eigenvalue weighted by Gasteiger charge is 2.13. The Morgan fingerprint density at radius 1 is 1.53 bits per heavy atom. The van der Waals surface area contributed by atoms with Gasteiger partial charge in [0.1, 0.15) is 11.5 Å². The number of anilines is 2. The zero-order chi connectivity index (χ0) is 13.8. The minimum atomic E-state index is -0.216. The molecule has 2 aromatic heterocycles. The van der Waals surface area contributed by atoms with Crippen LogP contribution in [0.5, 0.6) is 0 Å². The summed E-state index contributed by atoms with van der Waals surface area (Å²) in [5.41, 5.74) is 6.62. The standard InChI is InChI=1S/C13H15ClN4O/c1-2-5-18-8-9(14)6-11(18)13(19)17-10-3-4-12(15)16-7-10/h3-4,6-8H,2,5H2,1H3,(H2,15,16)(H,17,19). The molecule has 0 spiro atoms. The molecule has 0 aromatic carbocycles. The second-order valence-corrected chi connectivity index (χ2v) is 4.60. The first-order chi connectivity index (χ1) is 9.10. The lowest BCUT2D eigenvalue weighted by molar-refractivity contribution is 0.101. The van der Waals surface area contributed by atoms with Crippen LogP contribution in [0.1, 0.15) is 23.8 Å². The van der Waals surface area contributed by atoms with Crippen LogP contribution < -0.4 is 11.1 Å². The molecule has 0 aliphatic rings. The summed E-state index contributed by atoms with van der Waals surface area (Å²) in [6.45, 7) is 2.79. The van der Waals surface area contributed by atoms with Crippen molar-refractivity contribution in [1.29, 1.82) is 0 Å². The van der Waals surface area contributed by atoms with Crippen LogP contribution in [0.25, 0.3) is 0 Å². The highest BCUT2D eigenvalue weighted by Crippen LogP contribution is 2.16. The minimum absolute atomic E-state index is 0.216. The molecule has 0 saturated heterocycles. The van der Waals surface area contributed by atoms with Crippen LogP contribution in [0.15, 0.2) is 30.6 Å². The molecule has 19 heavy (non-hydrogen) atoms. The number of halogens is 1. The van der Waals surface area contributed by atoms with Crippen LogP contribution in [-0.2, 0) is 6.54 Å². The zero-order valence-corrected chi connectivity index (χ0v) is 11.3. The van der Waals surface area contributed by atoms with Gasteiger partial charge in [0.2, 0.25) is 0 Å². The van der Waals surface area contributed by atoms with Crippen molar-refractivity contribution >= 4 is 29.0 Å². The van der Waals surface area contributed by atoms with Crippen molar-refractivity contribution in [3.8, 4) is 0 Å². The molecule has 2 rings (SSSR count). The SMILES string of the molecule is CCCn1cc(Cl)cc1C(=O)Nc1ccc(N)nc1. The monoisotopic (exact) mass is 278 g/mol. The van der Waals surface area contributed by atoms with Crippen molar-refractivity contribution in [3.63, 3.8) is 0 Å². The van der Waals surface area contributed by atoms with Crippen LogP contribution in [0.2, 0.25) is 5.02 Å². The van der Waals surface area contributed by atoms with E-state index in [1.165, 1.54) is 6.20 Å². The number of nitrogens with one attached hydrogen (secondary N) is 1. The average molecular weight is 279 g/mol. The molecule has 0 aliphatic heterocycles. The van der Waals surface area contributed by atoms with Gasteiger partial charge in [-0.15, -0.1) is 0 Å². The van der Waals surface area contributed by atoms with E-state index in [4.69, 9.17) is 17.3 Å². The topological polar surface area (TPSA) is 72.9 Å². The lowest BCUT2D eigenvalue weighted by Gasteiger charge is -2.08. The Bertz CT molecular complexity index is 577. The van der Waals surface area contributed by atoms with Crippen LogP contribution in [0.3, 0.4) is 0 Å². The summed E-state index contributed by atoms with van der Waals surface area (Å²) in [4.78, 5) is 16.1. The summed E-state index contributed by atoms with van der Waals surface area (Å²) in [7, 11) is 0. The molecule has 2 heterocycles. The molecule has 0 bridgehead atoms. The fourth-order valence-corrected chi connectivity index (χ4v) is 1.99. The van der Waals surface area contributed by atoms with Crippen molar-refractivity contribution in [2.24, 2.45) is 0 Å². The van der Waals surface area contributed by atoms with E-state index in [9.17, 15) is 4.79 Å². The lowest BCUT2D eigenvalue weighted by Crippen LogP contribution is -2.16. The number of nitrogens with two attached hydrogens (primary N) is 1. The molecule has 2 aromatic rings. The second kappa shape index (κ2) is 5.75.